The fraction of sp³-hybridized carbons (Fsp3) is 0.471. The SMILES string of the molecule is CCn1c(=O)[nH]c2cc(C(=O)NCCN3CCNCC3)ccc2c1=O. The van der Waals surface area contributed by atoms with Gasteiger partial charge in [0, 0.05) is 51.4 Å². The number of hydrogen-bond acceptors (Lipinski definition) is 5. The molecule has 3 N–H and O–H groups in total. The molecule has 0 saturated carbocycles. The summed E-state index contributed by atoms with van der Waals surface area (Å²) in [6.07, 6.45) is 0. The predicted octanol–water partition coefficient (Wildman–Crippen LogP) is -0.655. The standard InChI is InChI=1S/C17H23N5O3/c1-2-22-16(24)13-4-3-12(11-14(13)20-17(22)25)15(23)19-7-10-21-8-5-18-6-9-21/h3-4,11,18H,2,5-10H2,1H3,(H,19,23)(H,20,25). The van der Waals surface area contributed by atoms with Crippen molar-refractivity contribution in [3.63, 3.8) is 0 Å². The third kappa shape index (κ3) is 3.80. The fourth-order valence-corrected chi connectivity index (χ4v) is 3.05. The van der Waals surface area contributed by atoms with Crippen molar-refractivity contribution in [3.05, 3.63) is 44.6 Å². The molecule has 1 saturated heterocycles. The smallest absolute Gasteiger partial charge is 0.328 e. The Morgan fingerprint density at radius 3 is 2.72 bits per heavy atom. The highest BCUT2D eigenvalue weighted by Crippen LogP contribution is 2.09. The highest BCUT2D eigenvalue weighted by atomic mass is 16.2. The van der Waals surface area contributed by atoms with Crippen molar-refractivity contribution in [2.24, 2.45) is 0 Å². The number of nitrogens with zero attached hydrogens (tertiary/aromatic N) is 2. The summed E-state index contributed by atoms with van der Waals surface area (Å²) < 4.78 is 1.13. The number of piperazine rings is 1. The topological polar surface area (TPSA) is 99.2 Å². The number of fused-ring (bicyclic) bond motifs is 1. The summed E-state index contributed by atoms with van der Waals surface area (Å²) in [6, 6.07) is 4.76. The van der Waals surface area contributed by atoms with Crippen LogP contribution in [-0.2, 0) is 6.54 Å². The molecule has 0 atom stereocenters. The number of benzene rings is 1. The zero-order chi connectivity index (χ0) is 17.8. The molecule has 1 aromatic heterocycles. The van der Waals surface area contributed by atoms with Gasteiger partial charge in [-0.25, -0.2) is 4.79 Å². The van der Waals surface area contributed by atoms with Gasteiger partial charge in [-0.1, -0.05) is 0 Å². The van der Waals surface area contributed by atoms with Gasteiger partial charge in [0.2, 0.25) is 0 Å². The lowest BCUT2D eigenvalue weighted by Gasteiger charge is -2.27. The zero-order valence-corrected chi connectivity index (χ0v) is 14.3. The van der Waals surface area contributed by atoms with Crippen LogP contribution < -0.4 is 21.9 Å². The molecule has 1 amide bonds. The van der Waals surface area contributed by atoms with Gasteiger partial charge < -0.3 is 15.6 Å². The molecule has 8 nitrogen and oxygen atoms in total. The average Bonchev–Trinajstić information content (AvgIpc) is 2.62. The minimum Gasteiger partial charge on any atom is -0.351 e. The van der Waals surface area contributed by atoms with Crippen LogP contribution in [-0.4, -0.2) is 59.6 Å². The van der Waals surface area contributed by atoms with Crippen LogP contribution in [0, 0.1) is 0 Å². The van der Waals surface area contributed by atoms with Crippen LogP contribution in [0.4, 0.5) is 0 Å². The lowest BCUT2D eigenvalue weighted by molar-refractivity contribution is 0.0947. The van der Waals surface area contributed by atoms with Gasteiger partial charge in [0.25, 0.3) is 11.5 Å². The molecule has 0 spiro atoms. The van der Waals surface area contributed by atoms with E-state index in [-0.39, 0.29) is 11.5 Å². The first-order chi connectivity index (χ1) is 12.1. The average molecular weight is 345 g/mol. The molecular weight excluding hydrogens is 322 g/mol. The van der Waals surface area contributed by atoms with E-state index < -0.39 is 5.69 Å². The first-order valence-electron chi connectivity index (χ1n) is 8.58. The summed E-state index contributed by atoms with van der Waals surface area (Å²) in [5.41, 5.74) is 0.00902. The highest BCUT2D eigenvalue weighted by Gasteiger charge is 2.12. The molecule has 134 valence electrons. The zero-order valence-electron chi connectivity index (χ0n) is 14.3. The summed E-state index contributed by atoms with van der Waals surface area (Å²) in [5.74, 6) is -0.211. The Hall–Kier alpha value is -2.45. The van der Waals surface area contributed by atoms with Crippen molar-refractivity contribution in [2.45, 2.75) is 13.5 Å². The summed E-state index contributed by atoms with van der Waals surface area (Å²) in [6.45, 7) is 7.32. The molecular formula is C17H23N5O3. The van der Waals surface area contributed by atoms with Crippen LogP contribution in [0.5, 0.6) is 0 Å². The molecule has 8 heteroatoms. The molecule has 2 aromatic rings. The van der Waals surface area contributed by atoms with Crippen LogP contribution in [0.1, 0.15) is 17.3 Å². The minimum absolute atomic E-state index is 0.211. The third-order valence-corrected chi connectivity index (χ3v) is 4.48. The summed E-state index contributed by atoms with van der Waals surface area (Å²) in [5, 5.41) is 6.58. The van der Waals surface area contributed by atoms with E-state index in [1.54, 1.807) is 25.1 Å². The quantitative estimate of drug-likeness (QED) is 0.668. The molecule has 1 aromatic carbocycles. The van der Waals surface area contributed by atoms with Gasteiger partial charge in [0.05, 0.1) is 10.9 Å². The van der Waals surface area contributed by atoms with Gasteiger partial charge in [-0.2, -0.15) is 0 Å². The van der Waals surface area contributed by atoms with Gasteiger partial charge in [-0.05, 0) is 25.1 Å². The number of H-pyrrole nitrogens is 1. The molecule has 1 aliphatic rings. The molecule has 0 unspecified atom stereocenters. The van der Waals surface area contributed by atoms with Gasteiger partial charge in [-0.3, -0.25) is 19.1 Å². The van der Waals surface area contributed by atoms with E-state index in [9.17, 15) is 14.4 Å². The van der Waals surface area contributed by atoms with Crippen LogP contribution in [0.15, 0.2) is 27.8 Å². The van der Waals surface area contributed by atoms with Crippen molar-refractivity contribution in [2.75, 3.05) is 39.3 Å². The Labute approximate surface area is 144 Å². The third-order valence-electron chi connectivity index (χ3n) is 4.48. The number of carbonyl (C=O) groups excluding carboxylic acids is 1. The molecule has 25 heavy (non-hydrogen) atoms. The second kappa shape index (κ2) is 7.62. The fourth-order valence-electron chi connectivity index (χ4n) is 3.05. The first-order valence-corrected chi connectivity index (χ1v) is 8.58. The van der Waals surface area contributed by atoms with Crippen molar-refractivity contribution in [1.82, 2.24) is 25.1 Å². The maximum Gasteiger partial charge on any atom is 0.328 e. The number of carbonyl (C=O) groups is 1. The summed E-state index contributed by atoms with van der Waals surface area (Å²) in [4.78, 5) is 41.4. The highest BCUT2D eigenvalue weighted by molar-refractivity contribution is 5.97. The lowest BCUT2D eigenvalue weighted by atomic mass is 10.1. The van der Waals surface area contributed by atoms with Gasteiger partial charge in [-0.15, -0.1) is 0 Å². The van der Waals surface area contributed by atoms with Crippen molar-refractivity contribution < 1.29 is 4.79 Å². The number of nitrogens with one attached hydrogen (secondary N) is 3. The van der Waals surface area contributed by atoms with Gasteiger partial charge >= 0.3 is 5.69 Å². The Balaban J connectivity index is 1.71. The minimum atomic E-state index is -0.462. The van der Waals surface area contributed by atoms with E-state index in [4.69, 9.17) is 0 Å². The number of rotatable bonds is 5. The van der Waals surface area contributed by atoms with Crippen LogP contribution in [0.25, 0.3) is 10.9 Å². The van der Waals surface area contributed by atoms with E-state index in [1.165, 1.54) is 0 Å². The number of hydrogen-bond donors (Lipinski definition) is 3. The van der Waals surface area contributed by atoms with E-state index in [0.717, 1.165) is 37.3 Å². The van der Waals surface area contributed by atoms with Gasteiger partial charge in [0.15, 0.2) is 0 Å². The van der Waals surface area contributed by atoms with Crippen molar-refractivity contribution >= 4 is 16.8 Å². The van der Waals surface area contributed by atoms with Crippen LogP contribution >= 0.6 is 0 Å². The van der Waals surface area contributed by atoms with Gasteiger partial charge in [0.1, 0.15) is 0 Å². The normalized spacial score (nSPS) is 15.4. The number of aromatic nitrogens is 2. The Morgan fingerprint density at radius 2 is 2.00 bits per heavy atom. The number of amides is 1. The molecule has 2 heterocycles. The van der Waals surface area contributed by atoms with E-state index >= 15 is 0 Å². The predicted molar refractivity (Wildman–Crippen MR) is 96.1 cm³/mol. The molecule has 0 aliphatic carbocycles. The van der Waals surface area contributed by atoms with Crippen molar-refractivity contribution in [3.8, 4) is 0 Å². The Kier molecular flexibility index (Phi) is 5.30. The maximum absolute atomic E-state index is 12.3. The lowest BCUT2D eigenvalue weighted by Crippen LogP contribution is -2.46. The van der Waals surface area contributed by atoms with Crippen LogP contribution in [0.2, 0.25) is 0 Å². The monoisotopic (exact) mass is 345 g/mol. The Bertz CT molecular complexity index is 880. The molecule has 1 fully saturated rings. The molecule has 0 radical (unpaired) electrons. The molecule has 3 rings (SSSR count). The maximum atomic E-state index is 12.3. The van der Waals surface area contributed by atoms with E-state index in [1.807, 2.05) is 0 Å². The van der Waals surface area contributed by atoms with E-state index in [2.05, 4.69) is 20.5 Å². The Morgan fingerprint density at radius 1 is 1.24 bits per heavy atom. The molecule has 1 aliphatic heterocycles. The second-order valence-corrected chi connectivity index (χ2v) is 6.09. The van der Waals surface area contributed by atoms with E-state index in [0.29, 0.717) is 29.6 Å². The van der Waals surface area contributed by atoms with Crippen LogP contribution in [0.3, 0.4) is 0 Å². The second-order valence-electron chi connectivity index (χ2n) is 6.09. The summed E-state index contributed by atoms with van der Waals surface area (Å²) in [7, 11) is 0. The van der Waals surface area contributed by atoms with Crippen molar-refractivity contribution in [1.29, 1.82) is 0 Å². The summed E-state index contributed by atoms with van der Waals surface area (Å²) >= 11 is 0. The first kappa shape index (κ1) is 17.4. The number of aromatic amines is 1. The molecule has 0 bridgehead atoms. The largest absolute Gasteiger partial charge is 0.351 e.